The van der Waals surface area contributed by atoms with Gasteiger partial charge in [0.1, 0.15) is 17.3 Å². The van der Waals surface area contributed by atoms with Gasteiger partial charge in [0.2, 0.25) is 5.95 Å². The topological polar surface area (TPSA) is 92.2 Å². The highest BCUT2D eigenvalue weighted by Gasteiger charge is 2.22. The molecule has 0 spiro atoms. The van der Waals surface area contributed by atoms with Gasteiger partial charge in [0.25, 0.3) is 11.5 Å². The normalized spacial score (nSPS) is 13.2. The lowest BCUT2D eigenvalue weighted by Gasteiger charge is -2.19. The molecule has 2 N–H and O–H groups in total. The van der Waals surface area contributed by atoms with E-state index in [1.165, 1.54) is 12.1 Å². The molecule has 45 heavy (non-hydrogen) atoms. The molecule has 2 aromatic heterocycles. The number of hydrogen-bond donors (Lipinski definition) is 2. The van der Waals surface area contributed by atoms with E-state index in [-0.39, 0.29) is 23.5 Å². The number of fused-ring (bicyclic) bond motifs is 1. The van der Waals surface area contributed by atoms with E-state index in [1.54, 1.807) is 18.2 Å². The third kappa shape index (κ3) is 7.73. The monoisotopic (exact) mass is 618 g/mol. The van der Waals surface area contributed by atoms with Gasteiger partial charge in [-0.25, -0.2) is 13.8 Å². The lowest BCUT2D eigenvalue weighted by Crippen LogP contribution is -2.32. The molecular weight excluding hydrogens is 574 g/mol. The maximum Gasteiger partial charge on any atom is 0.256 e. The summed E-state index contributed by atoms with van der Waals surface area (Å²) in [4.78, 5) is 38.1. The van der Waals surface area contributed by atoms with Gasteiger partial charge in [-0.3, -0.25) is 14.2 Å². The highest BCUT2D eigenvalue weighted by Crippen LogP contribution is 2.32. The van der Waals surface area contributed by atoms with Gasteiger partial charge < -0.3 is 15.5 Å². The van der Waals surface area contributed by atoms with Crippen LogP contribution in [0, 0.1) is 18.6 Å². The Hall–Kier alpha value is -4.18. The number of aromatic nitrogens is 3. The maximum atomic E-state index is 15.0. The van der Waals surface area contributed by atoms with Crippen molar-refractivity contribution in [1.82, 2.24) is 24.8 Å². The lowest BCUT2D eigenvalue weighted by molar-refractivity contribution is 0.0938. The van der Waals surface area contributed by atoms with Crippen LogP contribution in [-0.2, 0) is 0 Å². The zero-order valence-corrected chi connectivity index (χ0v) is 26.9. The van der Waals surface area contributed by atoms with E-state index in [0.29, 0.717) is 28.8 Å². The molecule has 1 aliphatic carbocycles. The Kier molecular flexibility index (Phi) is 11.8. The molecule has 10 heteroatoms. The minimum Gasteiger partial charge on any atom is -0.354 e. The number of halogens is 2. The molecule has 0 aliphatic heterocycles. The first kappa shape index (κ1) is 33.7. The average Bonchev–Trinajstić information content (AvgIpc) is 3.56. The number of para-hydroxylation sites is 1. The van der Waals surface area contributed by atoms with E-state index >= 15 is 8.78 Å². The van der Waals surface area contributed by atoms with E-state index in [9.17, 15) is 9.59 Å². The summed E-state index contributed by atoms with van der Waals surface area (Å²) in [5.74, 6) is -1.71. The van der Waals surface area contributed by atoms with Gasteiger partial charge >= 0.3 is 0 Å². The highest BCUT2D eigenvalue weighted by atomic mass is 19.1. The molecule has 0 saturated heterocycles. The number of rotatable bonds is 11. The van der Waals surface area contributed by atoms with Crippen LogP contribution in [0.2, 0.25) is 0 Å². The molecule has 4 aromatic rings. The number of amides is 1. The number of anilines is 1. The SMILES string of the molecule is CC.CCN(CC)CCCNc1nc(-c2cc(C(=O)NC3CCCC3)ccc2C)c2ccc(=O)n(-c3c(F)cccc3F)c2n1. The molecule has 2 aromatic carbocycles. The summed E-state index contributed by atoms with van der Waals surface area (Å²) in [6.07, 6.45) is 4.96. The molecule has 1 fully saturated rings. The van der Waals surface area contributed by atoms with Gasteiger partial charge in [-0.1, -0.05) is 52.7 Å². The molecule has 0 bridgehead atoms. The van der Waals surface area contributed by atoms with E-state index in [2.05, 4.69) is 34.4 Å². The first-order valence-corrected chi connectivity index (χ1v) is 16.1. The molecule has 1 saturated carbocycles. The average molecular weight is 619 g/mol. The summed E-state index contributed by atoms with van der Waals surface area (Å²) < 4.78 is 31.0. The summed E-state index contributed by atoms with van der Waals surface area (Å²) in [7, 11) is 0. The standard InChI is InChI=1S/C33H38F2N6O2.C2H6/c1-4-40(5-2)19-9-18-36-33-38-29(25-20-22(15-14-21(25)3)32(43)37-23-10-6-7-11-23)24-16-17-28(42)41(31(24)39-33)30-26(34)12-8-13-27(30)35;1-2/h8,12-17,20,23H,4-7,9-11,18-19H2,1-3H3,(H,37,43)(H,36,38,39);1-2H3. The van der Waals surface area contributed by atoms with Crippen molar-refractivity contribution in [3.05, 3.63) is 81.6 Å². The number of pyridine rings is 1. The van der Waals surface area contributed by atoms with Crippen LogP contribution in [0.15, 0.2) is 53.3 Å². The molecule has 1 aliphatic rings. The molecule has 5 rings (SSSR count). The lowest BCUT2D eigenvalue weighted by atomic mass is 9.99. The fraction of sp³-hybridized carbons (Fsp3) is 0.429. The molecule has 0 unspecified atom stereocenters. The molecule has 0 atom stereocenters. The van der Waals surface area contributed by atoms with Crippen LogP contribution in [-0.4, -0.2) is 57.6 Å². The number of carbonyl (C=O) groups excluding carboxylic acids is 1. The third-order valence-electron chi connectivity index (χ3n) is 8.19. The van der Waals surface area contributed by atoms with Crippen molar-refractivity contribution in [2.75, 3.05) is 31.5 Å². The van der Waals surface area contributed by atoms with Crippen LogP contribution in [0.4, 0.5) is 14.7 Å². The molecule has 1 amide bonds. The Bertz CT molecular complexity index is 1660. The van der Waals surface area contributed by atoms with E-state index in [1.807, 2.05) is 26.8 Å². The van der Waals surface area contributed by atoms with Gasteiger partial charge in [-0.2, -0.15) is 4.98 Å². The van der Waals surface area contributed by atoms with Gasteiger partial charge in [-0.15, -0.1) is 0 Å². The van der Waals surface area contributed by atoms with Crippen molar-refractivity contribution >= 4 is 22.9 Å². The second kappa shape index (κ2) is 15.7. The van der Waals surface area contributed by atoms with Crippen LogP contribution in [0.1, 0.15) is 75.7 Å². The Morgan fingerprint density at radius 1 is 1.00 bits per heavy atom. The fourth-order valence-electron chi connectivity index (χ4n) is 5.72. The molecule has 240 valence electrons. The van der Waals surface area contributed by atoms with Crippen molar-refractivity contribution in [3.8, 4) is 16.9 Å². The summed E-state index contributed by atoms with van der Waals surface area (Å²) in [6.45, 7) is 13.4. The van der Waals surface area contributed by atoms with Crippen LogP contribution < -0.4 is 16.2 Å². The Balaban J connectivity index is 0.00000226. The zero-order valence-electron chi connectivity index (χ0n) is 26.9. The van der Waals surface area contributed by atoms with Gasteiger partial charge in [0.15, 0.2) is 5.65 Å². The summed E-state index contributed by atoms with van der Waals surface area (Å²) in [5.41, 5.74) is 1.38. The number of nitrogens with one attached hydrogen (secondary N) is 2. The fourth-order valence-corrected chi connectivity index (χ4v) is 5.72. The van der Waals surface area contributed by atoms with Crippen LogP contribution in [0.5, 0.6) is 0 Å². The zero-order chi connectivity index (χ0) is 32.5. The van der Waals surface area contributed by atoms with Gasteiger partial charge in [0.05, 0.1) is 5.69 Å². The van der Waals surface area contributed by atoms with Crippen molar-refractivity contribution in [3.63, 3.8) is 0 Å². The van der Waals surface area contributed by atoms with Gasteiger partial charge in [-0.05, 0) is 81.7 Å². The molecular formula is C35H44F2N6O2. The van der Waals surface area contributed by atoms with E-state index in [0.717, 1.165) is 74.0 Å². The minimum atomic E-state index is -0.884. The number of hydrogen-bond acceptors (Lipinski definition) is 6. The summed E-state index contributed by atoms with van der Waals surface area (Å²) >= 11 is 0. The Morgan fingerprint density at radius 3 is 2.36 bits per heavy atom. The summed E-state index contributed by atoms with van der Waals surface area (Å²) in [6, 6.07) is 11.9. The quantitative estimate of drug-likeness (QED) is 0.178. The first-order valence-electron chi connectivity index (χ1n) is 16.1. The first-order chi connectivity index (χ1) is 21.8. The number of nitrogens with zero attached hydrogens (tertiary/aromatic N) is 4. The number of aryl methyl sites for hydroxylation is 1. The largest absolute Gasteiger partial charge is 0.354 e. The predicted octanol–water partition coefficient (Wildman–Crippen LogP) is 6.88. The van der Waals surface area contributed by atoms with E-state index in [4.69, 9.17) is 4.98 Å². The smallest absolute Gasteiger partial charge is 0.256 e. The number of carbonyl (C=O) groups is 1. The van der Waals surface area contributed by atoms with Crippen LogP contribution in [0.25, 0.3) is 28.0 Å². The molecule has 2 heterocycles. The van der Waals surface area contributed by atoms with Crippen molar-refractivity contribution in [2.45, 2.75) is 72.8 Å². The summed E-state index contributed by atoms with van der Waals surface area (Å²) in [5, 5.41) is 6.80. The van der Waals surface area contributed by atoms with Crippen molar-refractivity contribution < 1.29 is 13.6 Å². The Labute approximate surface area is 263 Å². The predicted molar refractivity (Wildman–Crippen MR) is 177 cm³/mol. The second-order valence-electron chi connectivity index (χ2n) is 11.0. The third-order valence-corrected chi connectivity index (χ3v) is 8.19. The maximum absolute atomic E-state index is 15.0. The van der Waals surface area contributed by atoms with Crippen molar-refractivity contribution in [1.29, 1.82) is 0 Å². The number of benzene rings is 2. The van der Waals surface area contributed by atoms with Crippen molar-refractivity contribution in [2.24, 2.45) is 0 Å². The molecule has 8 nitrogen and oxygen atoms in total. The highest BCUT2D eigenvalue weighted by molar-refractivity contribution is 5.98. The Morgan fingerprint density at radius 2 is 1.69 bits per heavy atom. The van der Waals surface area contributed by atoms with Gasteiger partial charge in [0, 0.05) is 35.2 Å². The van der Waals surface area contributed by atoms with E-state index < -0.39 is 22.9 Å². The van der Waals surface area contributed by atoms with Crippen LogP contribution >= 0.6 is 0 Å². The molecule has 0 radical (unpaired) electrons. The van der Waals surface area contributed by atoms with Crippen LogP contribution in [0.3, 0.4) is 0 Å². The minimum absolute atomic E-state index is 0.0629. The second-order valence-corrected chi connectivity index (χ2v) is 11.0.